The number of hydrogen-bond donors (Lipinski definition) is 2. The number of fused-ring (bicyclic) bond motifs is 1. The fourth-order valence-corrected chi connectivity index (χ4v) is 3.25. The zero-order valence-corrected chi connectivity index (χ0v) is 11.9. The van der Waals surface area contributed by atoms with Gasteiger partial charge in [-0.3, -0.25) is 4.72 Å². The van der Waals surface area contributed by atoms with Gasteiger partial charge in [-0.2, -0.15) is 0 Å². The second kappa shape index (κ2) is 5.70. The summed E-state index contributed by atoms with van der Waals surface area (Å²) in [6.45, 7) is 1.80. The van der Waals surface area contributed by atoms with Crippen LogP contribution in [0.3, 0.4) is 0 Å². The predicted octanol–water partition coefficient (Wildman–Crippen LogP) is 1.62. The van der Waals surface area contributed by atoms with E-state index in [0.717, 1.165) is 5.56 Å². The molecule has 110 valence electrons. The molecular formula is C13H17NO5S. The van der Waals surface area contributed by atoms with Gasteiger partial charge in [0, 0.05) is 5.69 Å². The highest BCUT2D eigenvalue weighted by Gasteiger charge is 2.25. The Kier molecular flexibility index (Phi) is 4.17. The summed E-state index contributed by atoms with van der Waals surface area (Å²) >= 11 is 0. The number of rotatable bonds is 5. The zero-order chi connectivity index (χ0) is 14.8. The van der Waals surface area contributed by atoms with Gasteiger partial charge in [0.25, 0.3) is 0 Å². The van der Waals surface area contributed by atoms with Crippen molar-refractivity contribution in [1.29, 1.82) is 0 Å². The van der Waals surface area contributed by atoms with Gasteiger partial charge >= 0.3 is 5.97 Å². The first kappa shape index (κ1) is 14.6. The molecule has 0 bridgehead atoms. The Morgan fingerprint density at radius 3 is 2.90 bits per heavy atom. The van der Waals surface area contributed by atoms with Crippen LogP contribution in [-0.4, -0.2) is 31.4 Å². The number of aliphatic carboxylic acids is 1. The number of benzene rings is 1. The monoisotopic (exact) mass is 299 g/mol. The molecule has 1 aromatic carbocycles. The van der Waals surface area contributed by atoms with Crippen molar-refractivity contribution in [2.24, 2.45) is 0 Å². The Labute approximate surface area is 117 Å². The second-order valence-electron chi connectivity index (χ2n) is 4.73. The molecule has 6 nitrogen and oxygen atoms in total. The van der Waals surface area contributed by atoms with E-state index in [1.165, 1.54) is 0 Å². The molecule has 0 radical (unpaired) electrons. The lowest BCUT2D eigenvalue weighted by Crippen LogP contribution is -2.30. The Morgan fingerprint density at radius 1 is 1.50 bits per heavy atom. The molecule has 20 heavy (non-hydrogen) atoms. The summed E-state index contributed by atoms with van der Waals surface area (Å²) in [6, 6.07) is 4.88. The van der Waals surface area contributed by atoms with E-state index in [2.05, 4.69) is 4.72 Å². The molecule has 0 aromatic heterocycles. The number of carbonyl (C=O) groups is 1. The van der Waals surface area contributed by atoms with Crippen LogP contribution in [0, 0.1) is 0 Å². The van der Waals surface area contributed by atoms with Crippen LogP contribution in [0.2, 0.25) is 0 Å². The Morgan fingerprint density at radius 2 is 2.25 bits per heavy atom. The van der Waals surface area contributed by atoms with E-state index in [-0.39, 0.29) is 5.75 Å². The molecular weight excluding hydrogens is 282 g/mol. The molecule has 1 heterocycles. The molecule has 0 fully saturated rings. The highest BCUT2D eigenvalue weighted by molar-refractivity contribution is 7.92. The minimum atomic E-state index is -3.32. The van der Waals surface area contributed by atoms with Gasteiger partial charge in [0.15, 0.2) is 6.10 Å². The Hall–Kier alpha value is -1.76. The number of aryl methyl sites for hydroxylation is 1. The molecule has 0 saturated carbocycles. The van der Waals surface area contributed by atoms with Crippen LogP contribution in [-0.2, 0) is 21.2 Å². The number of anilines is 1. The van der Waals surface area contributed by atoms with Crippen molar-refractivity contribution in [2.75, 3.05) is 10.5 Å². The molecule has 0 saturated heterocycles. The lowest BCUT2D eigenvalue weighted by atomic mass is 10.0. The van der Waals surface area contributed by atoms with Crippen molar-refractivity contribution in [3.8, 4) is 5.75 Å². The quantitative estimate of drug-likeness (QED) is 0.861. The normalized spacial score (nSPS) is 17.9. The van der Waals surface area contributed by atoms with Gasteiger partial charge in [-0.15, -0.1) is 0 Å². The van der Waals surface area contributed by atoms with Crippen LogP contribution < -0.4 is 9.46 Å². The first-order valence-electron chi connectivity index (χ1n) is 6.44. The number of sulfonamides is 1. The summed E-state index contributed by atoms with van der Waals surface area (Å²) in [5.74, 6) is -0.410. The molecule has 1 aliphatic heterocycles. The van der Waals surface area contributed by atoms with Gasteiger partial charge in [-0.1, -0.05) is 6.92 Å². The minimum absolute atomic E-state index is 0.0711. The fraction of sp³-hybridized carbons (Fsp3) is 0.462. The summed E-state index contributed by atoms with van der Waals surface area (Å²) in [5.41, 5.74) is 1.30. The smallest absolute Gasteiger partial charge is 0.344 e. The van der Waals surface area contributed by atoms with E-state index in [1.54, 1.807) is 25.1 Å². The van der Waals surface area contributed by atoms with Crippen LogP contribution in [0.25, 0.3) is 0 Å². The van der Waals surface area contributed by atoms with Crippen molar-refractivity contribution < 1.29 is 23.1 Å². The maximum Gasteiger partial charge on any atom is 0.344 e. The number of nitrogens with one attached hydrogen (secondary N) is 1. The van der Waals surface area contributed by atoms with Crippen LogP contribution in [0.5, 0.6) is 5.75 Å². The van der Waals surface area contributed by atoms with Crippen LogP contribution in [0.4, 0.5) is 5.69 Å². The largest absolute Gasteiger partial charge is 0.479 e. The summed E-state index contributed by atoms with van der Waals surface area (Å²) in [6.07, 6.45) is 0.650. The highest BCUT2D eigenvalue weighted by atomic mass is 32.2. The maximum absolute atomic E-state index is 11.7. The summed E-state index contributed by atoms with van der Waals surface area (Å²) in [4.78, 5) is 10.9. The van der Waals surface area contributed by atoms with E-state index in [0.29, 0.717) is 30.7 Å². The van der Waals surface area contributed by atoms with Crippen molar-refractivity contribution in [3.63, 3.8) is 0 Å². The summed E-state index contributed by atoms with van der Waals surface area (Å²) < 4.78 is 31.2. The van der Waals surface area contributed by atoms with Gasteiger partial charge in [-0.05, 0) is 43.0 Å². The number of hydrogen-bond acceptors (Lipinski definition) is 4. The Balaban J connectivity index is 2.16. The second-order valence-corrected chi connectivity index (χ2v) is 6.57. The van der Waals surface area contributed by atoms with Crippen molar-refractivity contribution in [1.82, 2.24) is 0 Å². The first-order valence-corrected chi connectivity index (χ1v) is 8.09. The molecule has 0 unspecified atom stereocenters. The third-order valence-corrected chi connectivity index (χ3v) is 4.52. The number of ether oxygens (including phenoxy) is 1. The fourth-order valence-electron chi connectivity index (χ4n) is 2.13. The Bertz CT molecular complexity index is 611. The van der Waals surface area contributed by atoms with E-state index < -0.39 is 22.1 Å². The van der Waals surface area contributed by atoms with E-state index in [9.17, 15) is 13.2 Å². The van der Waals surface area contributed by atoms with Gasteiger partial charge in [0.2, 0.25) is 10.0 Å². The van der Waals surface area contributed by atoms with Gasteiger partial charge in [0.05, 0.1) is 5.75 Å². The molecule has 2 N–H and O–H groups in total. The van der Waals surface area contributed by atoms with Gasteiger partial charge in [-0.25, -0.2) is 13.2 Å². The molecule has 2 rings (SSSR count). The number of carboxylic acid groups (broad SMARTS) is 1. The lowest BCUT2D eigenvalue weighted by Gasteiger charge is -2.23. The SMILES string of the molecule is CCCS(=O)(=O)Nc1ccc2c(c1)CC[C@H](C(=O)O)O2. The standard InChI is InChI=1S/C13H17NO5S/c1-2-7-20(17,18)14-10-4-6-11-9(8-10)3-5-12(19-11)13(15)16/h4,6,8,12,14H,2-3,5,7H2,1H3,(H,15,16)/t12-/m1/s1. The van der Waals surface area contributed by atoms with Gasteiger partial charge in [0.1, 0.15) is 5.75 Å². The molecule has 1 aromatic rings. The molecule has 1 aliphatic rings. The van der Waals surface area contributed by atoms with E-state index in [1.807, 2.05) is 0 Å². The van der Waals surface area contributed by atoms with Crippen LogP contribution in [0.15, 0.2) is 18.2 Å². The summed E-state index contributed by atoms with van der Waals surface area (Å²) in [7, 11) is -3.32. The zero-order valence-electron chi connectivity index (χ0n) is 11.1. The molecule has 0 amide bonds. The third-order valence-electron chi connectivity index (χ3n) is 3.03. The van der Waals surface area contributed by atoms with Gasteiger partial charge < -0.3 is 9.84 Å². The molecule has 7 heteroatoms. The lowest BCUT2D eigenvalue weighted by molar-refractivity contribution is -0.145. The van der Waals surface area contributed by atoms with Crippen molar-refractivity contribution in [3.05, 3.63) is 23.8 Å². The van der Waals surface area contributed by atoms with Crippen molar-refractivity contribution in [2.45, 2.75) is 32.3 Å². The molecule has 1 atom stereocenters. The minimum Gasteiger partial charge on any atom is -0.479 e. The predicted molar refractivity (Wildman–Crippen MR) is 74.5 cm³/mol. The highest BCUT2D eigenvalue weighted by Crippen LogP contribution is 2.30. The first-order chi connectivity index (χ1) is 9.41. The maximum atomic E-state index is 11.7. The van der Waals surface area contributed by atoms with Crippen LogP contribution >= 0.6 is 0 Å². The van der Waals surface area contributed by atoms with Crippen LogP contribution in [0.1, 0.15) is 25.3 Å². The number of carboxylic acids is 1. The summed E-state index contributed by atoms with van der Waals surface area (Å²) in [5, 5.41) is 8.91. The third kappa shape index (κ3) is 3.41. The van der Waals surface area contributed by atoms with E-state index in [4.69, 9.17) is 9.84 Å². The average Bonchev–Trinajstić information content (AvgIpc) is 2.37. The van der Waals surface area contributed by atoms with E-state index >= 15 is 0 Å². The molecule has 0 aliphatic carbocycles. The topological polar surface area (TPSA) is 92.7 Å². The average molecular weight is 299 g/mol. The van der Waals surface area contributed by atoms with Crippen molar-refractivity contribution >= 4 is 21.7 Å². The molecule has 0 spiro atoms.